The van der Waals surface area contributed by atoms with Crippen molar-refractivity contribution in [2.24, 2.45) is 0 Å². The Kier molecular flexibility index (Phi) is 4.29. The van der Waals surface area contributed by atoms with E-state index in [2.05, 4.69) is 25.6 Å². The first kappa shape index (κ1) is 15.1. The molecule has 7 heteroatoms. The summed E-state index contributed by atoms with van der Waals surface area (Å²) in [5, 5.41) is 8.27. The number of anilines is 3. The lowest BCUT2D eigenvalue weighted by atomic mass is 10.2. The molecular weight excluding hydrogens is 310 g/mol. The maximum Gasteiger partial charge on any atom is 0.257 e. The van der Waals surface area contributed by atoms with Gasteiger partial charge in [0, 0.05) is 34.2 Å². The molecule has 0 aliphatic rings. The van der Waals surface area contributed by atoms with Gasteiger partial charge in [0.2, 0.25) is 5.95 Å². The van der Waals surface area contributed by atoms with Crippen LogP contribution in [-0.4, -0.2) is 20.9 Å². The Morgan fingerprint density at radius 1 is 1.13 bits per heavy atom. The van der Waals surface area contributed by atoms with Crippen LogP contribution < -0.4 is 10.6 Å². The SMILES string of the molecule is Cc1cc(C)nc(Nc2cccc(C(=O)Nc3nccs3)c2)n1. The normalized spacial score (nSPS) is 10.3. The van der Waals surface area contributed by atoms with Crippen molar-refractivity contribution in [1.82, 2.24) is 15.0 Å². The lowest BCUT2D eigenvalue weighted by Gasteiger charge is -2.08. The number of rotatable bonds is 4. The molecule has 0 fully saturated rings. The molecule has 2 heterocycles. The van der Waals surface area contributed by atoms with E-state index in [1.165, 1.54) is 11.3 Å². The number of nitrogens with zero attached hydrogens (tertiary/aromatic N) is 3. The predicted molar refractivity (Wildman–Crippen MR) is 91.3 cm³/mol. The predicted octanol–water partition coefficient (Wildman–Crippen LogP) is 3.55. The first-order valence-corrected chi connectivity index (χ1v) is 7.88. The second-order valence-electron chi connectivity index (χ2n) is 4.97. The first-order valence-electron chi connectivity index (χ1n) is 7.00. The van der Waals surface area contributed by atoms with E-state index in [1.807, 2.05) is 37.4 Å². The quantitative estimate of drug-likeness (QED) is 0.767. The average Bonchev–Trinajstić information content (AvgIpc) is 2.99. The van der Waals surface area contributed by atoms with Gasteiger partial charge in [-0.1, -0.05) is 6.07 Å². The third-order valence-electron chi connectivity index (χ3n) is 3.02. The maximum atomic E-state index is 12.2. The third-order valence-corrected chi connectivity index (χ3v) is 3.70. The zero-order valence-corrected chi connectivity index (χ0v) is 13.5. The van der Waals surface area contributed by atoms with Crippen molar-refractivity contribution >= 4 is 34.0 Å². The maximum absolute atomic E-state index is 12.2. The summed E-state index contributed by atoms with van der Waals surface area (Å²) >= 11 is 1.38. The van der Waals surface area contributed by atoms with Crippen LogP contribution in [0.1, 0.15) is 21.7 Å². The minimum Gasteiger partial charge on any atom is -0.324 e. The van der Waals surface area contributed by atoms with E-state index >= 15 is 0 Å². The molecule has 0 unspecified atom stereocenters. The smallest absolute Gasteiger partial charge is 0.257 e. The Labute approximate surface area is 137 Å². The van der Waals surface area contributed by atoms with E-state index in [9.17, 15) is 4.79 Å². The molecule has 116 valence electrons. The van der Waals surface area contributed by atoms with Crippen molar-refractivity contribution in [2.75, 3.05) is 10.6 Å². The number of carbonyl (C=O) groups is 1. The van der Waals surface area contributed by atoms with Gasteiger partial charge in [-0.15, -0.1) is 11.3 Å². The van der Waals surface area contributed by atoms with Gasteiger partial charge in [0.05, 0.1) is 0 Å². The number of benzene rings is 1. The Morgan fingerprint density at radius 2 is 1.91 bits per heavy atom. The van der Waals surface area contributed by atoms with Gasteiger partial charge in [0.1, 0.15) is 0 Å². The number of aryl methyl sites for hydroxylation is 2. The van der Waals surface area contributed by atoms with Gasteiger partial charge in [-0.2, -0.15) is 0 Å². The highest BCUT2D eigenvalue weighted by atomic mass is 32.1. The summed E-state index contributed by atoms with van der Waals surface area (Å²) in [5.41, 5.74) is 3.06. The fraction of sp³-hybridized carbons (Fsp3) is 0.125. The molecule has 0 aliphatic carbocycles. The molecule has 2 N–H and O–H groups in total. The van der Waals surface area contributed by atoms with E-state index in [4.69, 9.17) is 0 Å². The van der Waals surface area contributed by atoms with Crippen LogP contribution in [0.5, 0.6) is 0 Å². The summed E-state index contributed by atoms with van der Waals surface area (Å²) in [6, 6.07) is 9.08. The molecule has 6 nitrogen and oxygen atoms in total. The molecule has 2 aromatic heterocycles. The van der Waals surface area contributed by atoms with Crippen molar-refractivity contribution in [3.05, 3.63) is 58.9 Å². The summed E-state index contributed by atoms with van der Waals surface area (Å²) < 4.78 is 0. The molecule has 0 saturated carbocycles. The van der Waals surface area contributed by atoms with Crippen LogP contribution in [0.25, 0.3) is 0 Å². The number of thiazole rings is 1. The molecule has 1 amide bonds. The van der Waals surface area contributed by atoms with Crippen molar-refractivity contribution < 1.29 is 4.79 Å². The number of amides is 1. The molecule has 3 aromatic rings. The van der Waals surface area contributed by atoms with Gasteiger partial charge < -0.3 is 5.32 Å². The van der Waals surface area contributed by atoms with Crippen LogP contribution in [0.2, 0.25) is 0 Å². The summed E-state index contributed by atoms with van der Waals surface area (Å²) in [4.78, 5) is 24.9. The Morgan fingerprint density at radius 3 is 2.61 bits per heavy atom. The van der Waals surface area contributed by atoms with Crippen molar-refractivity contribution in [1.29, 1.82) is 0 Å². The average molecular weight is 325 g/mol. The van der Waals surface area contributed by atoms with Crippen LogP contribution in [0, 0.1) is 13.8 Å². The van der Waals surface area contributed by atoms with E-state index in [-0.39, 0.29) is 5.91 Å². The standard InChI is InChI=1S/C16H15N5OS/c1-10-8-11(2)19-15(18-10)20-13-5-3-4-12(9-13)14(22)21-16-17-6-7-23-16/h3-9H,1-2H3,(H,17,21,22)(H,18,19,20). The fourth-order valence-electron chi connectivity index (χ4n) is 2.10. The summed E-state index contributed by atoms with van der Waals surface area (Å²) in [5.74, 6) is 0.310. The first-order chi connectivity index (χ1) is 11.1. The largest absolute Gasteiger partial charge is 0.324 e. The second kappa shape index (κ2) is 6.53. The summed E-state index contributed by atoms with van der Waals surface area (Å²) in [6.45, 7) is 3.83. The zero-order valence-electron chi connectivity index (χ0n) is 12.7. The number of aromatic nitrogens is 3. The van der Waals surface area contributed by atoms with Crippen molar-refractivity contribution in [3.63, 3.8) is 0 Å². The van der Waals surface area contributed by atoms with Gasteiger partial charge in [-0.25, -0.2) is 15.0 Å². The highest BCUT2D eigenvalue weighted by Gasteiger charge is 2.09. The molecule has 0 radical (unpaired) electrons. The molecule has 0 saturated heterocycles. The second-order valence-corrected chi connectivity index (χ2v) is 5.87. The molecule has 0 aliphatic heterocycles. The molecule has 0 spiro atoms. The van der Waals surface area contributed by atoms with Gasteiger partial charge in [0.25, 0.3) is 5.91 Å². The van der Waals surface area contributed by atoms with Crippen molar-refractivity contribution in [3.8, 4) is 0 Å². The zero-order chi connectivity index (χ0) is 16.2. The number of carbonyl (C=O) groups excluding carboxylic acids is 1. The minimum absolute atomic E-state index is 0.204. The van der Waals surface area contributed by atoms with Gasteiger partial charge >= 0.3 is 0 Å². The monoisotopic (exact) mass is 325 g/mol. The number of hydrogen-bond acceptors (Lipinski definition) is 6. The number of hydrogen-bond donors (Lipinski definition) is 2. The van der Waals surface area contributed by atoms with Gasteiger partial charge in [0.15, 0.2) is 5.13 Å². The van der Waals surface area contributed by atoms with Crippen LogP contribution in [0.3, 0.4) is 0 Å². The van der Waals surface area contributed by atoms with E-state index in [0.29, 0.717) is 16.6 Å². The third kappa shape index (κ3) is 3.89. The summed E-state index contributed by atoms with van der Waals surface area (Å²) in [6.07, 6.45) is 1.65. The minimum atomic E-state index is -0.204. The molecule has 3 rings (SSSR count). The highest BCUT2D eigenvalue weighted by Crippen LogP contribution is 2.17. The van der Waals surface area contributed by atoms with Crippen LogP contribution >= 0.6 is 11.3 Å². The van der Waals surface area contributed by atoms with Gasteiger partial charge in [-0.05, 0) is 38.1 Å². The highest BCUT2D eigenvalue weighted by molar-refractivity contribution is 7.13. The van der Waals surface area contributed by atoms with E-state index < -0.39 is 0 Å². The lowest BCUT2D eigenvalue weighted by Crippen LogP contribution is -2.11. The van der Waals surface area contributed by atoms with Gasteiger partial charge in [-0.3, -0.25) is 10.1 Å². The topological polar surface area (TPSA) is 79.8 Å². The molecule has 23 heavy (non-hydrogen) atoms. The molecular formula is C16H15N5OS. The molecule has 0 bridgehead atoms. The van der Waals surface area contributed by atoms with Crippen molar-refractivity contribution in [2.45, 2.75) is 13.8 Å². The fourth-order valence-corrected chi connectivity index (χ4v) is 2.63. The van der Waals surface area contributed by atoms with E-state index in [1.54, 1.807) is 18.3 Å². The Hall–Kier alpha value is -2.80. The molecule has 1 aromatic carbocycles. The van der Waals surface area contributed by atoms with E-state index in [0.717, 1.165) is 17.1 Å². The van der Waals surface area contributed by atoms with Crippen LogP contribution in [0.4, 0.5) is 16.8 Å². The van der Waals surface area contributed by atoms with Crippen LogP contribution in [-0.2, 0) is 0 Å². The Balaban J connectivity index is 1.78. The molecule has 0 atom stereocenters. The number of nitrogens with one attached hydrogen (secondary N) is 2. The Bertz CT molecular complexity index is 812. The lowest BCUT2D eigenvalue weighted by molar-refractivity contribution is 0.102. The summed E-state index contributed by atoms with van der Waals surface area (Å²) in [7, 11) is 0. The van der Waals surface area contributed by atoms with Crippen LogP contribution in [0.15, 0.2) is 41.9 Å².